The van der Waals surface area contributed by atoms with Crippen LogP contribution in [0.3, 0.4) is 0 Å². The molecule has 0 spiro atoms. The SMILES string of the molecule is N#C/C(=C\c1ccc(Cl)c(Cl)c1)C(=O)Nc1nccs1. The van der Waals surface area contributed by atoms with Crippen LogP contribution in [0.1, 0.15) is 5.56 Å². The molecule has 0 aliphatic carbocycles. The Morgan fingerprint density at radius 1 is 1.40 bits per heavy atom. The van der Waals surface area contributed by atoms with E-state index < -0.39 is 5.91 Å². The van der Waals surface area contributed by atoms with Crippen molar-refractivity contribution in [1.29, 1.82) is 5.26 Å². The third kappa shape index (κ3) is 3.58. The molecule has 0 atom stereocenters. The van der Waals surface area contributed by atoms with E-state index in [1.807, 2.05) is 6.07 Å². The molecule has 1 N–H and O–H groups in total. The second-order valence-electron chi connectivity index (χ2n) is 3.63. The van der Waals surface area contributed by atoms with Gasteiger partial charge < -0.3 is 0 Å². The number of nitrogens with one attached hydrogen (secondary N) is 1. The number of carbonyl (C=O) groups is 1. The van der Waals surface area contributed by atoms with Crippen LogP contribution in [0.4, 0.5) is 5.13 Å². The predicted octanol–water partition coefficient (Wildman–Crippen LogP) is 4.00. The van der Waals surface area contributed by atoms with Crippen LogP contribution in [0.2, 0.25) is 10.0 Å². The van der Waals surface area contributed by atoms with Gasteiger partial charge in [-0.15, -0.1) is 11.3 Å². The lowest BCUT2D eigenvalue weighted by Gasteiger charge is -2.01. The van der Waals surface area contributed by atoms with Gasteiger partial charge in [0.15, 0.2) is 5.13 Å². The minimum Gasteiger partial charge on any atom is -0.297 e. The van der Waals surface area contributed by atoms with E-state index in [0.29, 0.717) is 20.7 Å². The number of benzene rings is 1. The monoisotopic (exact) mass is 323 g/mol. The van der Waals surface area contributed by atoms with Crippen molar-refractivity contribution in [3.63, 3.8) is 0 Å². The largest absolute Gasteiger partial charge is 0.297 e. The highest BCUT2D eigenvalue weighted by molar-refractivity contribution is 7.13. The zero-order valence-electron chi connectivity index (χ0n) is 9.93. The zero-order valence-corrected chi connectivity index (χ0v) is 12.3. The summed E-state index contributed by atoms with van der Waals surface area (Å²) in [6, 6.07) is 6.70. The van der Waals surface area contributed by atoms with E-state index in [0.717, 1.165) is 0 Å². The fourth-order valence-corrected chi connectivity index (χ4v) is 2.20. The molecular weight excluding hydrogens is 317 g/mol. The summed E-state index contributed by atoms with van der Waals surface area (Å²) in [6.45, 7) is 0. The second-order valence-corrected chi connectivity index (χ2v) is 5.34. The molecule has 1 aromatic heterocycles. The van der Waals surface area contributed by atoms with Gasteiger partial charge in [-0.2, -0.15) is 5.26 Å². The van der Waals surface area contributed by atoms with Crippen LogP contribution in [0.15, 0.2) is 35.3 Å². The van der Waals surface area contributed by atoms with Crippen molar-refractivity contribution >= 4 is 51.7 Å². The Balaban J connectivity index is 2.22. The first-order chi connectivity index (χ1) is 9.60. The van der Waals surface area contributed by atoms with Gasteiger partial charge in [-0.25, -0.2) is 4.98 Å². The Morgan fingerprint density at radius 2 is 2.20 bits per heavy atom. The normalized spacial score (nSPS) is 10.9. The lowest BCUT2D eigenvalue weighted by Crippen LogP contribution is -2.13. The third-order valence-corrected chi connectivity index (χ3v) is 3.70. The molecule has 0 saturated carbocycles. The molecule has 1 aromatic carbocycles. The number of carbonyl (C=O) groups excluding carboxylic acids is 1. The maximum atomic E-state index is 11.9. The van der Waals surface area contributed by atoms with Gasteiger partial charge in [0.1, 0.15) is 11.6 Å². The lowest BCUT2D eigenvalue weighted by atomic mass is 10.1. The van der Waals surface area contributed by atoms with E-state index in [1.54, 1.807) is 29.8 Å². The summed E-state index contributed by atoms with van der Waals surface area (Å²) in [4.78, 5) is 15.8. The maximum absolute atomic E-state index is 11.9. The zero-order chi connectivity index (χ0) is 14.5. The molecule has 2 rings (SSSR count). The average Bonchev–Trinajstić information content (AvgIpc) is 2.92. The van der Waals surface area contributed by atoms with Crippen molar-refractivity contribution in [2.45, 2.75) is 0 Å². The molecule has 0 bridgehead atoms. The van der Waals surface area contributed by atoms with Crippen LogP contribution < -0.4 is 5.32 Å². The molecule has 1 heterocycles. The predicted molar refractivity (Wildman–Crippen MR) is 80.8 cm³/mol. The van der Waals surface area contributed by atoms with Gasteiger partial charge in [0.25, 0.3) is 5.91 Å². The summed E-state index contributed by atoms with van der Waals surface area (Å²) < 4.78 is 0. The van der Waals surface area contributed by atoms with Gasteiger partial charge in [-0.3, -0.25) is 10.1 Å². The number of nitrogens with zero attached hydrogens (tertiary/aromatic N) is 2. The Morgan fingerprint density at radius 3 is 2.80 bits per heavy atom. The molecule has 2 aromatic rings. The summed E-state index contributed by atoms with van der Waals surface area (Å²) in [5.74, 6) is -0.520. The standard InChI is InChI=1S/C13H7Cl2N3OS/c14-10-2-1-8(6-11(10)15)5-9(7-16)12(19)18-13-17-3-4-20-13/h1-6H,(H,17,18,19)/b9-5+. The molecule has 0 radical (unpaired) electrons. The number of amides is 1. The van der Waals surface area contributed by atoms with Crippen molar-refractivity contribution < 1.29 is 4.79 Å². The van der Waals surface area contributed by atoms with E-state index in [2.05, 4.69) is 10.3 Å². The summed E-state index contributed by atoms with van der Waals surface area (Å²) in [5.41, 5.74) is 0.573. The number of aromatic nitrogens is 1. The van der Waals surface area contributed by atoms with Gasteiger partial charge in [-0.1, -0.05) is 29.3 Å². The average molecular weight is 324 g/mol. The quantitative estimate of drug-likeness (QED) is 0.685. The first kappa shape index (κ1) is 14.5. The minimum atomic E-state index is -0.520. The topological polar surface area (TPSA) is 65.8 Å². The fraction of sp³-hybridized carbons (Fsp3) is 0. The first-order valence-electron chi connectivity index (χ1n) is 5.38. The lowest BCUT2D eigenvalue weighted by molar-refractivity contribution is -0.112. The molecule has 0 aliphatic rings. The maximum Gasteiger partial charge on any atom is 0.268 e. The smallest absolute Gasteiger partial charge is 0.268 e. The second kappa shape index (κ2) is 6.53. The number of hydrogen-bond acceptors (Lipinski definition) is 4. The fourth-order valence-electron chi connectivity index (χ4n) is 1.37. The molecule has 0 fully saturated rings. The molecule has 0 saturated heterocycles. The van der Waals surface area contributed by atoms with E-state index in [-0.39, 0.29) is 5.57 Å². The van der Waals surface area contributed by atoms with Gasteiger partial charge >= 0.3 is 0 Å². The highest BCUT2D eigenvalue weighted by Crippen LogP contribution is 2.24. The first-order valence-corrected chi connectivity index (χ1v) is 7.01. The number of nitriles is 1. The Labute approximate surface area is 129 Å². The Hall–Kier alpha value is -1.87. The molecule has 0 unspecified atom stereocenters. The number of halogens is 2. The third-order valence-electron chi connectivity index (χ3n) is 2.27. The van der Waals surface area contributed by atoms with Crippen LogP contribution in [0.5, 0.6) is 0 Å². The minimum absolute atomic E-state index is 0.0430. The number of rotatable bonds is 3. The number of anilines is 1. The van der Waals surface area contributed by atoms with E-state index >= 15 is 0 Å². The van der Waals surface area contributed by atoms with Crippen LogP contribution in [0, 0.1) is 11.3 Å². The summed E-state index contributed by atoms with van der Waals surface area (Å²) in [7, 11) is 0. The van der Waals surface area contributed by atoms with Crippen molar-refractivity contribution in [3.05, 3.63) is 51.0 Å². The van der Waals surface area contributed by atoms with Crippen LogP contribution in [-0.4, -0.2) is 10.9 Å². The Kier molecular flexibility index (Phi) is 4.74. The van der Waals surface area contributed by atoms with Crippen LogP contribution in [0.25, 0.3) is 6.08 Å². The van der Waals surface area contributed by atoms with Crippen molar-refractivity contribution in [2.24, 2.45) is 0 Å². The molecule has 0 aliphatic heterocycles. The highest BCUT2D eigenvalue weighted by atomic mass is 35.5. The van der Waals surface area contributed by atoms with Crippen LogP contribution >= 0.6 is 34.5 Å². The van der Waals surface area contributed by atoms with Gasteiger partial charge in [0, 0.05) is 11.6 Å². The van der Waals surface area contributed by atoms with Crippen molar-refractivity contribution in [2.75, 3.05) is 5.32 Å². The van der Waals surface area contributed by atoms with E-state index in [4.69, 9.17) is 28.5 Å². The number of hydrogen-bond donors (Lipinski definition) is 1. The molecule has 100 valence electrons. The number of thiazole rings is 1. The molecular formula is C13H7Cl2N3OS. The van der Waals surface area contributed by atoms with Crippen molar-refractivity contribution in [3.8, 4) is 6.07 Å². The summed E-state index contributed by atoms with van der Waals surface area (Å²) >= 11 is 13.0. The highest BCUT2D eigenvalue weighted by Gasteiger charge is 2.11. The Bertz CT molecular complexity index is 705. The van der Waals surface area contributed by atoms with Crippen molar-refractivity contribution in [1.82, 2.24) is 4.98 Å². The summed E-state index contributed by atoms with van der Waals surface area (Å²) in [6.07, 6.45) is 3.00. The molecule has 1 amide bonds. The molecule has 4 nitrogen and oxygen atoms in total. The van der Waals surface area contributed by atoms with Gasteiger partial charge in [0.2, 0.25) is 0 Å². The summed E-state index contributed by atoms with van der Waals surface area (Å²) in [5, 5.41) is 14.5. The van der Waals surface area contributed by atoms with Gasteiger partial charge in [0.05, 0.1) is 10.0 Å². The van der Waals surface area contributed by atoms with Gasteiger partial charge in [-0.05, 0) is 23.8 Å². The van der Waals surface area contributed by atoms with E-state index in [9.17, 15) is 4.79 Å². The van der Waals surface area contributed by atoms with E-state index in [1.165, 1.54) is 17.4 Å². The molecule has 7 heteroatoms. The molecule has 20 heavy (non-hydrogen) atoms. The van der Waals surface area contributed by atoms with Crippen LogP contribution in [-0.2, 0) is 4.79 Å².